The highest BCUT2D eigenvalue weighted by molar-refractivity contribution is 14.0. The fraction of sp³-hybridized carbons (Fsp3) is 0.933. The number of hydrogen-bond acceptors (Lipinski definition) is 4. The Balaban J connectivity index is 0.00000576. The molecule has 0 aromatic rings. The Morgan fingerprint density at radius 1 is 1.32 bits per heavy atom. The minimum Gasteiger partial charge on any atom is -0.355 e. The third-order valence-electron chi connectivity index (χ3n) is 4.01. The second kappa shape index (κ2) is 11.0. The maximum atomic E-state index is 12.0. The minimum absolute atomic E-state index is 0. The second-order valence-electron chi connectivity index (χ2n) is 6.98. The fourth-order valence-electron chi connectivity index (χ4n) is 2.98. The van der Waals surface area contributed by atoms with Crippen molar-refractivity contribution in [3.63, 3.8) is 0 Å². The fourth-order valence-corrected chi connectivity index (χ4v) is 5.41. The lowest BCUT2D eigenvalue weighted by Gasteiger charge is -2.31. The summed E-state index contributed by atoms with van der Waals surface area (Å²) in [6.45, 7) is 6.01. The highest BCUT2D eigenvalue weighted by Gasteiger charge is 2.27. The molecule has 1 aliphatic rings. The summed E-state index contributed by atoms with van der Waals surface area (Å²) >= 11 is 0. The smallest absolute Gasteiger partial charge is 0.209 e. The van der Waals surface area contributed by atoms with Crippen molar-refractivity contribution in [2.75, 3.05) is 25.6 Å². The maximum Gasteiger partial charge on any atom is 0.209 e. The molecule has 0 spiro atoms. The van der Waals surface area contributed by atoms with Gasteiger partial charge in [0, 0.05) is 47.0 Å². The van der Waals surface area contributed by atoms with Crippen LogP contribution in [0.2, 0.25) is 0 Å². The summed E-state index contributed by atoms with van der Waals surface area (Å²) in [5.74, 6) is 1.35. The number of halogens is 1. The third kappa shape index (κ3) is 10.1. The first kappa shape index (κ1) is 25.1. The van der Waals surface area contributed by atoms with Crippen LogP contribution in [0, 0.1) is 0 Å². The van der Waals surface area contributed by atoms with Crippen molar-refractivity contribution in [2.45, 2.75) is 63.3 Å². The van der Waals surface area contributed by atoms with Crippen molar-refractivity contribution in [1.29, 1.82) is 0 Å². The van der Waals surface area contributed by atoms with Crippen molar-refractivity contribution >= 4 is 50.8 Å². The molecule has 3 N–H and O–H groups in total. The zero-order chi connectivity index (χ0) is 18.4. The molecule has 0 radical (unpaired) electrons. The first-order valence-corrected chi connectivity index (χ1v) is 11.7. The summed E-state index contributed by atoms with van der Waals surface area (Å²) in [6, 6.07) is 0.247. The Kier molecular flexibility index (Phi) is 11.1. The molecule has 0 aliphatic heterocycles. The Morgan fingerprint density at radius 2 is 1.96 bits per heavy atom. The number of hydrogen-bond donors (Lipinski definition) is 3. The van der Waals surface area contributed by atoms with Gasteiger partial charge in [0.2, 0.25) is 10.0 Å². The van der Waals surface area contributed by atoms with Crippen LogP contribution in [0.4, 0.5) is 0 Å². The standard InChI is InChI=1S/C15H32N4O3S2.HI/c1-6-23(20)13-9-7-8-12(10-13)18-14(16-4)17-11-15(2,3)19-24(5,21)22;/h12-13,19H,6-11H2,1-5H3,(H2,16,17,18);1H. The third-order valence-corrected chi connectivity index (χ3v) is 6.67. The summed E-state index contributed by atoms with van der Waals surface area (Å²) in [5.41, 5.74) is -0.621. The average Bonchev–Trinajstić information content (AvgIpc) is 2.48. The van der Waals surface area contributed by atoms with Crippen LogP contribution in [-0.4, -0.2) is 61.0 Å². The molecule has 0 amide bonds. The normalized spacial score (nSPS) is 23.5. The van der Waals surface area contributed by atoms with E-state index in [1.165, 1.54) is 0 Å². The van der Waals surface area contributed by atoms with E-state index in [1.807, 2.05) is 20.8 Å². The van der Waals surface area contributed by atoms with Gasteiger partial charge in [-0.3, -0.25) is 9.20 Å². The van der Waals surface area contributed by atoms with E-state index in [9.17, 15) is 12.6 Å². The summed E-state index contributed by atoms with van der Waals surface area (Å²) in [5, 5.41) is 6.80. The van der Waals surface area contributed by atoms with Gasteiger partial charge in [0.1, 0.15) is 0 Å². The van der Waals surface area contributed by atoms with E-state index in [0.29, 0.717) is 18.3 Å². The average molecular weight is 508 g/mol. The Hall–Kier alpha value is 0.0600. The topological polar surface area (TPSA) is 99.7 Å². The number of sulfonamides is 1. The van der Waals surface area contributed by atoms with Gasteiger partial charge in [0.05, 0.1) is 6.26 Å². The van der Waals surface area contributed by atoms with E-state index >= 15 is 0 Å². The van der Waals surface area contributed by atoms with Crippen molar-refractivity contribution in [3.8, 4) is 0 Å². The van der Waals surface area contributed by atoms with Crippen LogP contribution < -0.4 is 15.4 Å². The van der Waals surface area contributed by atoms with Crippen LogP contribution in [0.3, 0.4) is 0 Å². The van der Waals surface area contributed by atoms with E-state index in [1.54, 1.807) is 7.05 Å². The van der Waals surface area contributed by atoms with Crippen molar-refractivity contribution in [2.24, 2.45) is 4.99 Å². The molecule has 0 aromatic heterocycles. The van der Waals surface area contributed by atoms with Crippen LogP contribution in [-0.2, 0) is 20.8 Å². The highest BCUT2D eigenvalue weighted by Crippen LogP contribution is 2.22. The molecule has 7 nitrogen and oxygen atoms in total. The molecule has 3 unspecified atom stereocenters. The molecule has 0 bridgehead atoms. The molecule has 10 heteroatoms. The lowest BCUT2D eigenvalue weighted by molar-refractivity contribution is 0.407. The molecule has 150 valence electrons. The molecule has 0 aromatic carbocycles. The molecule has 0 saturated heterocycles. The molecule has 0 heterocycles. The predicted molar refractivity (Wildman–Crippen MR) is 117 cm³/mol. The quantitative estimate of drug-likeness (QED) is 0.273. The van der Waals surface area contributed by atoms with E-state index in [0.717, 1.165) is 31.9 Å². The van der Waals surface area contributed by atoms with Gasteiger partial charge in [-0.25, -0.2) is 13.1 Å². The summed E-state index contributed by atoms with van der Waals surface area (Å²) in [7, 11) is -2.33. The number of rotatable bonds is 7. The second-order valence-corrected chi connectivity index (χ2v) is 10.7. The number of guanidine groups is 1. The molecule has 1 saturated carbocycles. The Morgan fingerprint density at radius 3 is 2.48 bits per heavy atom. The lowest BCUT2D eigenvalue weighted by Crippen LogP contribution is -2.54. The monoisotopic (exact) mass is 508 g/mol. The number of nitrogens with one attached hydrogen (secondary N) is 3. The van der Waals surface area contributed by atoms with Crippen LogP contribution >= 0.6 is 24.0 Å². The van der Waals surface area contributed by atoms with E-state index in [4.69, 9.17) is 0 Å². The predicted octanol–water partition coefficient (Wildman–Crippen LogP) is 1.18. The lowest BCUT2D eigenvalue weighted by atomic mass is 9.95. The zero-order valence-corrected chi connectivity index (χ0v) is 19.8. The summed E-state index contributed by atoms with van der Waals surface area (Å²) in [4.78, 5) is 4.21. The van der Waals surface area contributed by atoms with Gasteiger partial charge in [-0.2, -0.15) is 0 Å². The first-order valence-electron chi connectivity index (χ1n) is 8.39. The van der Waals surface area contributed by atoms with Crippen LogP contribution in [0.5, 0.6) is 0 Å². The van der Waals surface area contributed by atoms with Crippen LogP contribution in [0.1, 0.15) is 46.5 Å². The molecule has 3 atom stereocenters. The van der Waals surface area contributed by atoms with Gasteiger partial charge in [-0.05, 0) is 33.1 Å². The molecule has 1 rings (SSSR count). The van der Waals surface area contributed by atoms with Gasteiger partial charge < -0.3 is 10.6 Å². The van der Waals surface area contributed by atoms with E-state index < -0.39 is 26.4 Å². The summed E-state index contributed by atoms with van der Waals surface area (Å²) in [6.07, 6.45) is 5.15. The molecule has 1 fully saturated rings. The maximum absolute atomic E-state index is 12.0. The van der Waals surface area contributed by atoms with E-state index in [-0.39, 0.29) is 35.3 Å². The van der Waals surface area contributed by atoms with Gasteiger partial charge in [0.25, 0.3) is 0 Å². The largest absolute Gasteiger partial charge is 0.355 e. The van der Waals surface area contributed by atoms with Crippen molar-refractivity contribution in [1.82, 2.24) is 15.4 Å². The Labute approximate surface area is 172 Å². The Bertz CT molecular complexity index is 567. The van der Waals surface area contributed by atoms with Crippen LogP contribution in [0.15, 0.2) is 4.99 Å². The number of nitrogens with zero attached hydrogens (tertiary/aromatic N) is 1. The van der Waals surface area contributed by atoms with Crippen molar-refractivity contribution < 1.29 is 12.6 Å². The van der Waals surface area contributed by atoms with E-state index in [2.05, 4.69) is 20.3 Å². The zero-order valence-electron chi connectivity index (χ0n) is 15.8. The van der Waals surface area contributed by atoms with Crippen LogP contribution in [0.25, 0.3) is 0 Å². The van der Waals surface area contributed by atoms with Gasteiger partial charge in [-0.15, -0.1) is 24.0 Å². The highest BCUT2D eigenvalue weighted by atomic mass is 127. The SMILES string of the molecule is CCS(=O)C1CCCC(NC(=NC)NCC(C)(C)NS(C)(=O)=O)C1.I. The number of aliphatic imine (C=N–C) groups is 1. The molecular weight excluding hydrogens is 475 g/mol. The van der Waals surface area contributed by atoms with Gasteiger partial charge >= 0.3 is 0 Å². The van der Waals surface area contributed by atoms with Gasteiger partial charge in [-0.1, -0.05) is 13.3 Å². The summed E-state index contributed by atoms with van der Waals surface area (Å²) < 4.78 is 37.4. The molecule has 25 heavy (non-hydrogen) atoms. The first-order chi connectivity index (χ1) is 11.1. The molecule has 1 aliphatic carbocycles. The van der Waals surface area contributed by atoms with Crippen molar-refractivity contribution in [3.05, 3.63) is 0 Å². The van der Waals surface area contributed by atoms with Gasteiger partial charge in [0.15, 0.2) is 5.96 Å². The molecular formula is C15H33IN4O3S2. The minimum atomic E-state index is -3.27.